The van der Waals surface area contributed by atoms with Crippen molar-refractivity contribution < 1.29 is 9.85 Å². The largest absolute Gasteiger partial charge is 0.301 e. The molecule has 120 valence electrons. The normalized spacial score (nSPS) is 11.0. The number of nitro benzene ring substituents is 2. The van der Waals surface area contributed by atoms with Crippen molar-refractivity contribution >= 4 is 44.8 Å². The van der Waals surface area contributed by atoms with Gasteiger partial charge in [0.25, 0.3) is 5.69 Å². The molecule has 0 saturated heterocycles. The number of para-hydroxylation sites is 1. The summed E-state index contributed by atoms with van der Waals surface area (Å²) < 4.78 is 1.00. The van der Waals surface area contributed by atoms with Crippen LogP contribution < -0.4 is 5.43 Å². The molecule has 10 heteroatoms. The number of hydrogen-bond acceptors (Lipinski definition) is 8. The molecule has 9 nitrogen and oxygen atoms in total. The number of rotatable bonds is 5. The zero-order valence-electron chi connectivity index (χ0n) is 11.9. The summed E-state index contributed by atoms with van der Waals surface area (Å²) in [6.45, 7) is 0. The maximum Gasteiger partial charge on any atom is 0.301 e. The number of nitrogens with one attached hydrogen (secondary N) is 1. The Morgan fingerprint density at radius 1 is 1.12 bits per heavy atom. The van der Waals surface area contributed by atoms with Crippen LogP contribution in [0.25, 0.3) is 10.2 Å². The first-order chi connectivity index (χ1) is 11.5. The molecule has 0 atom stereocenters. The van der Waals surface area contributed by atoms with Gasteiger partial charge in [-0.1, -0.05) is 12.1 Å². The van der Waals surface area contributed by atoms with E-state index in [0.29, 0.717) is 5.01 Å². The van der Waals surface area contributed by atoms with Gasteiger partial charge < -0.3 is 0 Å². The molecule has 0 amide bonds. The van der Waals surface area contributed by atoms with Gasteiger partial charge in [0, 0.05) is 6.07 Å². The molecule has 2 aromatic carbocycles. The fourth-order valence-corrected chi connectivity index (χ4v) is 2.82. The van der Waals surface area contributed by atoms with Gasteiger partial charge in [-0.05, 0) is 18.2 Å². The van der Waals surface area contributed by atoms with E-state index in [4.69, 9.17) is 0 Å². The van der Waals surface area contributed by atoms with E-state index >= 15 is 0 Å². The first-order valence-electron chi connectivity index (χ1n) is 6.62. The number of non-ortho nitro benzene ring substituents is 1. The highest BCUT2D eigenvalue weighted by atomic mass is 32.1. The lowest BCUT2D eigenvalue weighted by atomic mass is 10.2. The Morgan fingerprint density at radius 2 is 1.92 bits per heavy atom. The Morgan fingerprint density at radius 3 is 2.62 bits per heavy atom. The Hall–Kier alpha value is -3.40. The van der Waals surface area contributed by atoms with Gasteiger partial charge in [-0.3, -0.25) is 25.7 Å². The topological polar surface area (TPSA) is 124 Å². The highest BCUT2D eigenvalue weighted by molar-refractivity contribution is 7.20. The van der Waals surface area contributed by atoms with Gasteiger partial charge in [0.2, 0.25) is 0 Å². The van der Waals surface area contributed by atoms with Crippen LogP contribution in [0.1, 0.15) is 5.01 Å². The van der Waals surface area contributed by atoms with Gasteiger partial charge in [0.15, 0.2) is 0 Å². The summed E-state index contributed by atoms with van der Waals surface area (Å²) in [6, 6.07) is 10.9. The Bertz CT molecular complexity index is 936. The number of nitro groups is 2. The van der Waals surface area contributed by atoms with Crippen LogP contribution >= 0.6 is 11.3 Å². The smallest absolute Gasteiger partial charge is 0.272 e. The highest BCUT2D eigenvalue weighted by Crippen LogP contribution is 2.29. The molecule has 0 fully saturated rings. The molecule has 0 unspecified atom stereocenters. The van der Waals surface area contributed by atoms with Crippen LogP contribution in [0, 0.1) is 20.2 Å². The molecule has 0 radical (unpaired) electrons. The van der Waals surface area contributed by atoms with Crippen molar-refractivity contribution in [3.8, 4) is 0 Å². The third-order valence-electron chi connectivity index (χ3n) is 3.06. The van der Waals surface area contributed by atoms with Crippen molar-refractivity contribution in [2.45, 2.75) is 0 Å². The molecule has 0 saturated carbocycles. The van der Waals surface area contributed by atoms with E-state index in [-0.39, 0.29) is 11.4 Å². The van der Waals surface area contributed by atoms with E-state index in [1.54, 1.807) is 0 Å². The Labute approximate surface area is 138 Å². The van der Waals surface area contributed by atoms with Gasteiger partial charge in [-0.15, -0.1) is 11.3 Å². The van der Waals surface area contributed by atoms with Crippen molar-refractivity contribution in [2.75, 3.05) is 5.43 Å². The molecule has 24 heavy (non-hydrogen) atoms. The molecule has 3 rings (SSSR count). The number of aromatic nitrogens is 1. The summed E-state index contributed by atoms with van der Waals surface area (Å²) in [4.78, 5) is 24.7. The minimum Gasteiger partial charge on any atom is -0.272 e. The van der Waals surface area contributed by atoms with Gasteiger partial charge in [0.05, 0.1) is 32.3 Å². The van der Waals surface area contributed by atoms with Crippen molar-refractivity contribution in [3.63, 3.8) is 0 Å². The minimum atomic E-state index is -0.706. The van der Waals surface area contributed by atoms with Crippen LogP contribution in [0.15, 0.2) is 47.6 Å². The van der Waals surface area contributed by atoms with E-state index in [1.165, 1.54) is 29.7 Å². The van der Waals surface area contributed by atoms with Crippen molar-refractivity contribution in [1.29, 1.82) is 0 Å². The lowest BCUT2D eigenvalue weighted by Gasteiger charge is -2.01. The van der Waals surface area contributed by atoms with Crippen LogP contribution in [0.2, 0.25) is 0 Å². The molecule has 3 aromatic rings. The van der Waals surface area contributed by atoms with Crippen molar-refractivity contribution in [1.82, 2.24) is 4.98 Å². The molecule has 0 spiro atoms. The highest BCUT2D eigenvalue weighted by Gasteiger charge is 2.19. The number of nitrogens with zero attached hydrogens (tertiary/aromatic N) is 4. The fraction of sp³-hybridized carbons (Fsp3) is 0. The van der Waals surface area contributed by atoms with Gasteiger partial charge in [0.1, 0.15) is 10.7 Å². The molecular weight excluding hydrogens is 334 g/mol. The predicted octanol–water partition coefficient (Wildman–Crippen LogP) is 3.56. The Kier molecular flexibility index (Phi) is 4.12. The average molecular weight is 343 g/mol. The average Bonchev–Trinajstić information content (AvgIpc) is 2.97. The summed E-state index contributed by atoms with van der Waals surface area (Å²) in [6.07, 6.45) is 1.44. The molecule has 0 aliphatic rings. The van der Waals surface area contributed by atoms with Gasteiger partial charge in [-0.25, -0.2) is 4.98 Å². The lowest BCUT2D eigenvalue weighted by molar-refractivity contribution is -0.393. The van der Waals surface area contributed by atoms with Crippen molar-refractivity contribution in [2.24, 2.45) is 5.10 Å². The second-order valence-electron chi connectivity index (χ2n) is 4.61. The summed E-state index contributed by atoms with van der Waals surface area (Å²) in [5.41, 5.74) is 2.64. The van der Waals surface area contributed by atoms with Crippen LogP contribution in [0.4, 0.5) is 17.1 Å². The SMILES string of the molecule is O=[N+]([O-])c1ccc(N/N=C/c2nc3ccccc3s2)c([N+](=O)[O-])c1. The number of hydrogen-bond donors (Lipinski definition) is 1. The first-order valence-corrected chi connectivity index (χ1v) is 7.44. The summed E-state index contributed by atoms with van der Waals surface area (Å²) in [7, 11) is 0. The quantitative estimate of drug-likeness (QED) is 0.429. The van der Waals surface area contributed by atoms with E-state index in [1.807, 2.05) is 24.3 Å². The Balaban J connectivity index is 1.82. The number of hydrazone groups is 1. The predicted molar refractivity (Wildman–Crippen MR) is 90.6 cm³/mol. The van der Waals surface area contributed by atoms with Crippen LogP contribution in [0.5, 0.6) is 0 Å². The van der Waals surface area contributed by atoms with Crippen LogP contribution in [-0.2, 0) is 0 Å². The fourth-order valence-electron chi connectivity index (χ4n) is 1.98. The molecule has 1 heterocycles. The van der Waals surface area contributed by atoms with Crippen LogP contribution in [0.3, 0.4) is 0 Å². The van der Waals surface area contributed by atoms with Crippen LogP contribution in [-0.4, -0.2) is 21.0 Å². The molecule has 0 aliphatic heterocycles. The second kappa shape index (κ2) is 6.38. The third-order valence-corrected chi connectivity index (χ3v) is 4.03. The molecule has 1 aromatic heterocycles. The number of thiazole rings is 1. The summed E-state index contributed by atoms with van der Waals surface area (Å²) >= 11 is 1.43. The zero-order chi connectivity index (χ0) is 17.1. The molecule has 0 aliphatic carbocycles. The number of benzene rings is 2. The summed E-state index contributed by atoms with van der Waals surface area (Å²) in [5.74, 6) is 0. The molecular formula is C14H9N5O4S. The van der Waals surface area contributed by atoms with E-state index in [2.05, 4.69) is 15.5 Å². The van der Waals surface area contributed by atoms with Crippen molar-refractivity contribution in [3.05, 3.63) is 67.7 Å². The monoisotopic (exact) mass is 343 g/mol. The third kappa shape index (κ3) is 3.17. The zero-order valence-corrected chi connectivity index (χ0v) is 12.8. The number of anilines is 1. The molecule has 0 bridgehead atoms. The van der Waals surface area contributed by atoms with E-state index in [9.17, 15) is 20.2 Å². The second-order valence-corrected chi connectivity index (χ2v) is 5.67. The van der Waals surface area contributed by atoms with E-state index < -0.39 is 15.5 Å². The lowest BCUT2D eigenvalue weighted by Crippen LogP contribution is -1.98. The molecule has 1 N–H and O–H groups in total. The number of fused-ring (bicyclic) bond motifs is 1. The maximum atomic E-state index is 11.0. The van der Waals surface area contributed by atoms with Gasteiger partial charge >= 0.3 is 5.69 Å². The maximum absolute atomic E-state index is 11.0. The minimum absolute atomic E-state index is 0.0583. The summed E-state index contributed by atoms with van der Waals surface area (Å²) in [5, 5.41) is 26.3. The van der Waals surface area contributed by atoms with E-state index in [0.717, 1.165) is 16.3 Å². The van der Waals surface area contributed by atoms with Gasteiger partial charge in [-0.2, -0.15) is 5.10 Å². The first kappa shape index (κ1) is 15.5. The standard InChI is InChI=1S/C14H9N5O4S/c20-18(21)9-5-6-10(12(7-9)19(22)23)17-15-8-14-16-11-3-1-2-4-13(11)24-14/h1-8,17H/b15-8+.